The molecule has 0 atom stereocenters. The summed E-state index contributed by atoms with van der Waals surface area (Å²) in [6.07, 6.45) is 2.67. The van der Waals surface area contributed by atoms with Crippen LogP contribution in [0.1, 0.15) is 10.4 Å². The summed E-state index contributed by atoms with van der Waals surface area (Å²) in [4.78, 5) is 33.7. The van der Waals surface area contributed by atoms with Gasteiger partial charge in [0, 0.05) is 19.8 Å². The fourth-order valence-corrected chi connectivity index (χ4v) is 3.95. The van der Waals surface area contributed by atoms with Crippen molar-refractivity contribution in [1.29, 1.82) is 0 Å². The van der Waals surface area contributed by atoms with Crippen LogP contribution in [0.3, 0.4) is 0 Å². The maximum absolute atomic E-state index is 12.9. The first-order valence-corrected chi connectivity index (χ1v) is 9.73. The number of carboxylic acids is 1. The Bertz CT molecular complexity index is 1470. The number of nitrogens with zero attached hydrogens (tertiary/aromatic N) is 8. The predicted octanol–water partition coefficient (Wildman–Crippen LogP) is 0.683. The van der Waals surface area contributed by atoms with Gasteiger partial charge in [-0.2, -0.15) is 14.6 Å². The van der Waals surface area contributed by atoms with Crippen LogP contribution in [0.25, 0.3) is 27.5 Å². The zero-order valence-corrected chi connectivity index (χ0v) is 16.4. The van der Waals surface area contributed by atoms with Crippen molar-refractivity contribution in [3.63, 3.8) is 0 Å². The Labute approximate surface area is 171 Å². The number of aromatic nitrogens is 8. The summed E-state index contributed by atoms with van der Waals surface area (Å²) in [5.74, 6) is -0.447. The van der Waals surface area contributed by atoms with Crippen molar-refractivity contribution in [2.45, 2.75) is 13.1 Å². The van der Waals surface area contributed by atoms with Crippen molar-refractivity contribution >= 4 is 40.1 Å². The molecule has 0 saturated carbocycles. The van der Waals surface area contributed by atoms with Crippen LogP contribution in [-0.2, 0) is 20.1 Å². The lowest BCUT2D eigenvalue weighted by atomic mass is 10.4. The van der Waals surface area contributed by atoms with Crippen molar-refractivity contribution < 1.29 is 9.90 Å². The van der Waals surface area contributed by atoms with Gasteiger partial charge >= 0.3 is 11.7 Å². The van der Waals surface area contributed by atoms with Gasteiger partial charge in [0.2, 0.25) is 5.95 Å². The number of aromatic carboxylic acids is 1. The maximum Gasteiger partial charge on any atom is 0.338 e. The molecule has 0 aliphatic rings. The van der Waals surface area contributed by atoms with Crippen molar-refractivity contribution in [3.05, 3.63) is 46.0 Å². The zero-order valence-electron chi connectivity index (χ0n) is 15.6. The first kappa shape index (κ1) is 18.1. The molecule has 0 saturated heterocycles. The number of fused-ring (bicyclic) bond motifs is 3. The minimum atomic E-state index is -1.06. The standard InChI is InChI=1S/C17H15N9O3S/c1-23-11-13(25(17(23)29)5-4-24-8-9(7-19-24)15(27)28)21-16(18)26-14(11)20-12(22-26)10-3-2-6-30-10/h2-3,6-8H,4-5H2,1H3,(H2,18,21)(H,27,28). The lowest BCUT2D eigenvalue weighted by Crippen LogP contribution is -2.24. The van der Waals surface area contributed by atoms with E-state index in [-0.39, 0.29) is 30.3 Å². The largest absolute Gasteiger partial charge is 0.478 e. The van der Waals surface area contributed by atoms with Crippen LogP contribution in [0.15, 0.2) is 34.7 Å². The molecule has 0 bridgehead atoms. The van der Waals surface area contributed by atoms with Crippen LogP contribution in [0.2, 0.25) is 0 Å². The highest BCUT2D eigenvalue weighted by atomic mass is 32.1. The van der Waals surface area contributed by atoms with Crippen molar-refractivity contribution in [3.8, 4) is 10.7 Å². The number of aryl methyl sites for hydroxylation is 3. The van der Waals surface area contributed by atoms with Gasteiger partial charge in [0.15, 0.2) is 17.1 Å². The molecule has 0 aliphatic heterocycles. The number of anilines is 1. The number of rotatable bonds is 5. The molecule has 0 aromatic carbocycles. The lowest BCUT2D eigenvalue weighted by molar-refractivity contribution is 0.0696. The van der Waals surface area contributed by atoms with Gasteiger partial charge in [-0.3, -0.25) is 13.8 Å². The van der Waals surface area contributed by atoms with Crippen LogP contribution in [0.4, 0.5) is 5.95 Å². The molecule has 12 nitrogen and oxygen atoms in total. The Morgan fingerprint density at radius 1 is 1.27 bits per heavy atom. The molecule has 0 spiro atoms. The molecule has 5 rings (SSSR count). The molecular formula is C17H15N9O3S. The predicted molar refractivity (Wildman–Crippen MR) is 108 cm³/mol. The molecule has 0 fully saturated rings. The highest BCUT2D eigenvalue weighted by molar-refractivity contribution is 7.13. The normalized spacial score (nSPS) is 11.6. The molecular weight excluding hydrogens is 410 g/mol. The van der Waals surface area contributed by atoms with Crippen molar-refractivity contribution in [1.82, 2.24) is 38.5 Å². The number of carbonyl (C=O) groups is 1. The van der Waals surface area contributed by atoms with Crippen molar-refractivity contribution in [2.75, 3.05) is 5.73 Å². The van der Waals surface area contributed by atoms with E-state index in [1.54, 1.807) is 7.05 Å². The second-order valence-electron chi connectivity index (χ2n) is 6.58. The third-order valence-electron chi connectivity index (χ3n) is 4.75. The quantitative estimate of drug-likeness (QED) is 0.417. The van der Waals surface area contributed by atoms with Gasteiger partial charge in [-0.15, -0.1) is 16.4 Å². The van der Waals surface area contributed by atoms with Crippen LogP contribution in [0.5, 0.6) is 0 Å². The lowest BCUT2D eigenvalue weighted by Gasteiger charge is -2.04. The highest BCUT2D eigenvalue weighted by Gasteiger charge is 2.21. The number of nitrogen functional groups attached to an aromatic ring is 1. The third kappa shape index (κ3) is 2.67. The van der Waals surface area contributed by atoms with E-state index in [0.29, 0.717) is 22.6 Å². The number of imidazole rings is 1. The van der Waals surface area contributed by atoms with Crippen LogP contribution in [0, 0.1) is 0 Å². The molecule has 30 heavy (non-hydrogen) atoms. The average molecular weight is 425 g/mol. The van der Waals surface area contributed by atoms with Gasteiger partial charge in [0.05, 0.1) is 23.2 Å². The Hall–Kier alpha value is -4.00. The second kappa shape index (κ2) is 6.52. The SMILES string of the molecule is Cn1c(=O)n(CCn2cc(C(=O)O)cn2)c2nc(N)n3nc(-c4cccs4)nc3c21. The van der Waals surface area contributed by atoms with E-state index in [1.165, 1.54) is 42.1 Å². The Balaban J connectivity index is 1.61. The fraction of sp³-hybridized carbons (Fsp3) is 0.176. The molecule has 5 heterocycles. The molecule has 0 radical (unpaired) electrons. The number of thiophene rings is 1. The molecule has 152 valence electrons. The smallest absolute Gasteiger partial charge is 0.338 e. The van der Waals surface area contributed by atoms with Crippen LogP contribution < -0.4 is 11.4 Å². The maximum atomic E-state index is 12.9. The van der Waals surface area contributed by atoms with Gasteiger partial charge in [0.25, 0.3) is 0 Å². The second-order valence-corrected chi connectivity index (χ2v) is 7.53. The molecule has 3 N–H and O–H groups in total. The van der Waals surface area contributed by atoms with E-state index in [9.17, 15) is 9.59 Å². The molecule has 13 heteroatoms. The van der Waals surface area contributed by atoms with Gasteiger partial charge < -0.3 is 10.8 Å². The molecule has 0 aliphatic carbocycles. The first-order chi connectivity index (χ1) is 14.4. The Morgan fingerprint density at radius 2 is 2.10 bits per heavy atom. The molecule has 5 aromatic heterocycles. The van der Waals surface area contributed by atoms with Gasteiger partial charge in [-0.1, -0.05) is 6.07 Å². The van der Waals surface area contributed by atoms with Crippen molar-refractivity contribution in [2.24, 2.45) is 7.05 Å². The summed E-state index contributed by atoms with van der Waals surface area (Å²) in [6, 6.07) is 3.81. The van der Waals surface area contributed by atoms with Crippen LogP contribution in [-0.4, -0.2) is 49.6 Å². The summed E-state index contributed by atoms with van der Waals surface area (Å²) in [5.41, 5.74) is 7.21. The molecule has 5 aromatic rings. The number of hydrogen-bond donors (Lipinski definition) is 2. The number of hydrogen-bond acceptors (Lipinski definition) is 8. The van der Waals surface area contributed by atoms with E-state index in [0.717, 1.165) is 4.88 Å². The van der Waals surface area contributed by atoms with Gasteiger partial charge in [-0.25, -0.2) is 14.6 Å². The van der Waals surface area contributed by atoms with Gasteiger partial charge in [0.1, 0.15) is 5.52 Å². The summed E-state index contributed by atoms with van der Waals surface area (Å²) in [5, 5.41) is 19.4. The highest BCUT2D eigenvalue weighted by Crippen LogP contribution is 2.25. The third-order valence-corrected chi connectivity index (χ3v) is 5.62. The zero-order chi connectivity index (χ0) is 21.0. The topological polar surface area (TPSA) is 151 Å². The fourth-order valence-electron chi connectivity index (χ4n) is 3.30. The number of nitrogens with two attached hydrogens (primary N) is 1. The van der Waals surface area contributed by atoms with Crippen LogP contribution >= 0.6 is 11.3 Å². The average Bonchev–Trinajstić information content (AvgIpc) is 3.48. The minimum Gasteiger partial charge on any atom is -0.478 e. The van der Waals surface area contributed by atoms with E-state index >= 15 is 0 Å². The van der Waals surface area contributed by atoms with E-state index < -0.39 is 5.97 Å². The first-order valence-electron chi connectivity index (χ1n) is 8.85. The Morgan fingerprint density at radius 3 is 2.80 bits per heavy atom. The van der Waals surface area contributed by atoms with Gasteiger partial charge in [-0.05, 0) is 11.4 Å². The van der Waals surface area contributed by atoms with E-state index in [2.05, 4.69) is 20.2 Å². The number of carboxylic acid groups (broad SMARTS) is 1. The summed E-state index contributed by atoms with van der Waals surface area (Å²) in [7, 11) is 1.63. The Kier molecular flexibility index (Phi) is 3.92. The summed E-state index contributed by atoms with van der Waals surface area (Å²) >= 11 is 1.50. The summed E-state index contributed by atoms with van der Waals surface area (Å²) in [6.45, 7) is 0.512. The molecule has 0 amide bonds. The van der Waals surface area contributed by atoms with E-state index in [1.807, 2.05) is 17.5 Å². The monoisotopic (exact) mass is 425 g/mol. The summed E-state index contributed by atoms with van der Waals surface area (Å²) < 4.78 is 5.81. The van der Waals surface area contributed by atoms with E-state index in [4.69, 9.17) is 10.8 Å². The minimum absolute atomic E-state index is 0.0777. The molecule has 0 unspecified atom stereocenters.